The minimum Gasteiger partial charge on any atom is -0.330 e. The first-order valence-electron chi connectivity index (χ1n) is 4.38. The minimum atomic E-state index is 0.720. The van der Waals surface area contributed by atoms with E-state index in [-0.39, 0.29) is 0 Å². The molecule has 0 spiro atoms. The van der Waals surface area contributed by atoms with Crippen LogP contribution in [0.5, 0.6) is 0 Å². The van der Waals surface area contributed by atoms with Gasteiger partial charge in [0.05, 0.1) is 0 Å². The third-order valence-electron chi connectivity index (χ3n) is 1.77. The molecule has 0 saturated carbocycles. The predicted molar refractivity (Wildman–Crippen MR) is 60.9 cm³/mol. The Hall–Kier alpha value is -0.730. The molecular formula is C11H15NS. The van der Waals surface area contributed by atoms with E-state index in [1.165, 1.54) is 10.5 Å². The van der Waals surface area contributed by atoms with Crippen LogP contribution in [0.1, 0.15) is 12.0 Å². The predicted octanol–water partition coefficient (Wildman–Crippen LogP) is 2.77. The van der Waals surface area contributed by atoms with E-state index >= 15 is 0 Å². The third-order valence-corrected chi connectivity index (χ3v) is 2.58. The normalized spacial score (nSPS) is 10.9. The van der Waals surface area contributed by atoms with Crippen LogP contribution in [0.3, 0.4) is 0 Å². The highest BCUT2D eigenvalue weighted by molar-refractivity contribution is 7.98. The Morgan fingerprint density at radius 2 is 2.15 bits per heavy atom. The Labute approximate surface area is 84.0 Å². The first-order chi connectivity index (χ1) is 6.38. The summed E-state index contributed by atoms with van der Waals surface area (Å²) in [6.07, 6.45) is 7.30. The fourth-order valence-corrected chi connectivity index (χ4v) is 1.70. The first-order valence-corrected chi connectivity index (χ1v) is 5.60. The van der Waals surface area contributed by atoms with Crippen LogP contribution in [0.25, 0.3) is 6.08 Å². The highest BCUT2D eigenvalue weighted by Gasteiger charge is 1.94. The standard InChI is InChI=1S/C11H15NS/c1-13-11-8-3-2-6-10(11)7-4-5-9-12/h2-4,6-8H,5,9,12H2,1H3. The van der Waals surface area contributed by atoms with Crippen LogP contribution in [-0.4, -0.2) is 12.8 Å². The van der Waals surface area contributed by atoms with Crippen LogP contribution >= 0.6 is 11.8 Å². The van der Waals surface area contributed by atoms with Gasteiger partial charge in [-0.25, -0.2) is 0 Å². The molecule has 0 aromatic heterocycles. The summed E-state index contributed by atoms with van der Waals surface area (Å²) in [4.78, 5) is 1.32. The van der Waals surface area contributed by atoms with Gasteiger partial charge < -0.3 is 5.73 Å². The van der Waals surface area contributed by atoms with Gasteiger partial charge in [0.1, 0.15) is 0 Å². The summed E-state index contributed by atoms with van der Waals surface area (Å²) in [6.45, 7) is 0.720. The Balaban J connectivity index is 2.74. The Kier molecular flexibility index (Phi) is 4.65. The molecule has 0 heterocycles. The largest absolute Gasteiger partial charge is 0.330 e. The molecule has 1 nitrogen and oxygen atoms in total. The second-order valence-corrected chi connectivity index (χ2v) is 3.57. The van der Waals surface area contributed by atoms with Crippen molar-refractivity contribution in [3.8, 4) is 0 Å². The summed E-state index contributed by atoms with van der Waals surface area (Å²) in [7, 11) is 0. The maximum Gasteiger partial charge on any atom is 0.0141 e. The molecule has 70 valence electrons. The summed E-state index contributed by atoms with van der Waals surface area (Å²) < 4.78 is 0. The molecule has 1 aromatic rings. The van der Waals surface area contributed by atoms with Crippen molar-refractivity contribution in [3.63, 3.8) is 0 Å². The van der Waals surface area contributed by atoms with Gasteiger partial charge in [0.2, 0.25) is 0 Å². The molecule has 0 atom stereocenters. The number of thioether (sulfide) groups is 1. The van der Waals surface area contributed by atoms with Crippen molar-refractivity contribution in [1.29, 1.82) is 0 Å². The maximum atomic E-state index is 5.41. The average Bonchev–Trinajstić information content (AvgIpc) is 2.19. The molecule has 13 heavy (non-hydrogen) atoms. The van der Waals surface area contributed by atoms with E-state index < -0.39 is 0 Å². The Bertz CT molecular complexity index is 281. The molecule has 0 saturated heterocycles. The molecule has 2 N–H and O–H groups in total. The van der Waals surface area contributed by atoms with Crippen molar-refractivity contribution >= 4 is 17.8 Å². The van der Waals surface area contributed by atoms with Gasteiger partial charge in [-0.3, -0.25) is 0 Å². The van der Waals surface area contributed by atoms with E-state index in [0.29, 0.717) is 0 Å². The summed E-state index contributed by atoms with van der Waals surface area (Å²) in [6, 6.07) is 8.37. The number of rotatable bonds is 4. The highest BCUT2D eigenvalue weighted by atomic mass is 32.2. The number of hydrogen-bond acceptors (Lipinski definition) is 2. The lowest BCUT2D eigenvalue weighted by molar-refractivity contribution is 1.01. The number of benzene rings is 1. The van der Waals surface area contributed by atoms with Crippen LogP contribution in [0.15, 0.2) is 35.2 Å². The van der Waals surface area contributed by atoms with Crippen LogP contribution in [0.4, 0.5) is 0 Å². The van der Waals surface area contributed by atoms with Crippen molar-refractivity contribution in [1.82, 2.24) is 0 Å². The number of nitrogens with two attached hydrogens (primary N) is 1. The van der Waals surface area contributed by atoms with Crippen molar-refractivity contribution < 1.29 is 0 Å². The van der Waals surface area contributed by atoms with Crippen molar-refractivity contribution in [3.05, 3.63) is 35.9 Å². The van der Waals surface area contributed by atoms with Crippen LogP contribution in [-0.2, 0) is 0 Å². The summed E-state index contributed by atoms with van der Waals surface area (Å²) in [5, 5.41) is 0. The van der Waals surface area contributed by atoms with Crippen molar-refractivity contribution in [2.45, 2.75) is 11.3 Å². The molecule has 0 radical (unpaired) electrons. The van der Waals surface area contributed by atoms with E-state index in [9.17, 15) is 0 Å². The maximum absolute atomic E-state index is 5.41. The fourth-order valence-electron chi connectivity index (χ4n) is 1.11. The lowest BCUT2D eigenvalue weighted by Crippen LogP contribution is -1.95. The van der Waals surface area contributed by atoms with Crippen molar-refractivity contribution in [2.75, 3.05) is 12.8 Å². The fraction of sp³-hybridized carbons (Fsp3) is 0.273. The third kappa shape index (κ3) is 3.25. The molecule has 0 aliphatic carbocycles. The lowest BCUT2D eigenvalue weighted by atomic mass is 10.2. The Morgan fingerprint density at radius 1 is 1.38 bits per heavy atom. The Morgan fingerprint density at radius 3 is 2.85 bits per heavy atom. The van der Waals surface area contributed by atoms with Crippen molar-refractivity contribution in [2.24, 2.45) is 5.73 Å². The highest BCUT2D eigenvalue weighted by Crippen LogP contribution is 2.20. The summed E-state index contributed by atoms with van der Waals surface area (Å²) in [5.74, 6) is 0. The molecule has 0 amide bonds. The molecule has 1 rings (SSSR count). The zero-order valence-corrected chi connectivity index (χ0v) is 8.68. The first kappa shape index (κ1) is 10.4. The average molecular weight is 193 g/mol. The molecule has 0 fully saturated rings. The van der Waals surface area contributed by atoms with E-state index in [4.69, 9.17) is 5.73 Å². The van der Waals surface area contributed by atoms with Gasteiger partial charge >= 0.3 is 0 Å². The minimum absolute atomic E-state index is 0.720. The summed E-state index contributed by atoms with van der Waals surface area (Å²) in [5.41, 5.74) is 6.69. The van der Waals surface area contributed by atoms with E-state index in [1.54, 1.807) is 11.8 Å². The lowest BCUT2D eigenvalue weighted by Gasteiger charge is -2.00. The second kappa shape index (κ2) is 5.84. The zero-order chi connectivity index (χ0) is 9.52. The van der Waals surface area contributed by atoms with Gasteiger partial charge in [-0.1, -0.05) is 30.4 Å². The van der Waals surface area contributed by atoms with E-state index in [1.807, 2.05) is 0 Å². The summed E-state index contributed by atoms with van der Waals surface area (Å²) >= 11 is 1.77. The zero-order valence-electron chi connectivity index (χ0n) is 7.86. The topological polar surface area (TPSA) is 26.0 Å². The molecule has 0 aliphatic rings. The van der Waals surface area contributed by atoms with Gasteiger partial charge in [-0.2, -0.15) is 0 Å². The molecule has 1 aromatic carbocycles. The van der Waals surface area contributed by atoms with Gasteiger partial charge in [0.25, 0.3) is 0 Å². The second-order valence-electron chi connectivity index (χ2n) is 2.72. The van der Waals surface area contributed by atoms with Crippen LogP contribution < -0.4 is 5.73 Å². The monoisotopic (exact) mass is 193 g/mol. The van der Waals surface area contributed by atoms with Gasteiger partial charge in [0.15, 0.2) is 0 Å². The molecule has 0 bridgehead atoms. The van der Waals surface area contributed by atoms with Gasteiger partial charge in [0, 0.05) is 4.90 Å². The van der Waals surface area contributed by atoms with Crippen LogP contribution in [0.2, 0.25) is 0 Å². The number of hydrogen-bond donors (Lipinski definition) is 1. The molecule has 0 aliphatic heterocycles. The molecule has 2 heteroatoms. The van der Waals surface area contributed by atoms with Crippen LogP contribution in [0, 0.1) is 0 Å². The van der Waals surface area contributed by atoms with E-state index in [2.05, 4.69) is 42.7 Å². The van der Waals surface area contributed by atoms with Gasteiger partial charge in [-0.15, -0.1) is 11.8 Å². The molecular weight excluding hydrogens is 178 g/mol. The smallest absolute Gasteiger partial charge is 0.0141 e. The molecule has 0 unspecified atom stereocenters. The quantitative estimate of drug-likeness (QED) is 0.744. The van der Waals surface area contributed by atoms with Gasteiger partial charge in [-0.05, 0) is 30.9 Å². The van der Waals surface area contributed by atoms with E-state index in [0.717, 1.165) is 13.0 Å². The SMILES string of the molecule is CSc1ccccc1C=CCCN.